The maximum absolute atomic E-state index is 11.1. The zero-order valence-electron chi connectivity index (χ0n) is 10.2. The van der Waals surface area contributed by atoms with E-state index in [-0.39, 0.29) is 17.1 Å². The lowest BCUT2D eigenvalue weighted by Gasteiger charge is -2.04. The largest absolute Gasteiger partial charge is 0.748 e. The van der Waals surface area contributed by atoms with E-state index in [1.807, 2.05) is 0 Å². The molecule has 0 heterocycles. The van der Waals surface area contributed by atoms with Gasteiger partial charge in [-0.3, -0.25) is 5.41 Å². The number of hydrogen-bond acceptors (Lipinski definition) is 7. The van der Waals surface area contributed by atoms with Gasteiger partial charge in [-0.15, -0.1) is 0 Å². The maximum Gasteiger partial charge on any atom is 0.341 e. The van der Waals surface area contributed by atoms with Gasteiger partial charge >= 0.3 is 5.97 Å². The van der Waals surface area contributed by atoms with Gasteiger partial charge in [0.2, 0.25) is 0 Å². The van der Waals surface area contributed by atoms with Gasteiger partial charge in [-0.05, 0) is 18.2 Å². The number of carbonyl (C=O) groups excluding carboxylic acids is 1. The van der Waals surface area contributed by atoms with Crippen LogP contribution in [-0.4, -0.2) is 43.2 Å². The summed E-state index contributed by atoms with van der Waals surface area (Å²) in [5, 5.41) is 16.5. The second-order valence-electron chi connectivity index (χ2n) is 3.34. The van der Waals surface area contributed by atoms with Crippen LogP contribution >= 0.6 is 0 Å². The minimum atomic E-state index is -3.92. The third kappa shape index (κ3) is 7.01. The van der Waals surface area contributed by atoms with Crippen molar-refractivity contribution in [2.45, 2.75) is 0 Å². The second-order valence-corrected chi connectivity index (χ2v) is 4.75. The molecule has 0 saturated heterocycles. The van der Waals surface area contributed by atoms with Crippen LogP contribution in [0.5, 0.6) is 5.75 Å². The van der Waals surface area contributed by atoms with Gasteiger partial charge in [0.25, 0.3) is 0 Å². The van der Waals surface area contributed by atoms with Crippen LogP contribution in [0.15, 0.2) is 18.2 Å². The number of hydrogen-bond donors (Lipinski definition) is 3. The molecule has 0 bridgehead atoms. The molecule has 0 fully saturated rings. The number of aromatic hydroxyl groups is 1. The van der Waals surface area contributed by atoms with Gasteiger partial charge in [0.1, 0.15) is 17.1 Å². The summed E-state index contributed by atoms with van der Waals surface area (Å²) in [6, 6.07) is 4.05. The molecule has 0 atom stereocenters. The van der Waals surface area contributed by atoms with Gasteiger partial charge in [0.15, 0.2) is 0 Å². The molecule has 0 aromatic heterocycles. The van der Waals surface area contributed by atoms with Gasteiger partial charge in [0.05, 0.1) is 17.2 Å². The van der Waals surface area contributed by atoms with E-state index in [0.717, 1.165) is 0 Å². The normalized spacial score (nSPS) is 10.1. The molecule has 19 heavy (non-hydrogen) atoms. The monoisotopic (exact) mass is 289 g/mol. The van der Waals surface area contributed by atoms with E-state index in [2.05, 4.69) is 4.74 Å². The summed E-state index contributed by atoms with van der Waals surface area (Å²) >= 11 is 0. The van der Waals surface area contributed by atoms with Crippen LogP contribution < -0.4 is 5.73 Å². The van der Waals surface area contributed by atoms with Gasteiger partial charge in [-0.25, -0.2) is 13.2 Å². The van der Waals surface area contributed by atoms with Crippen LogP contribution in [0.25, 0.3) is 0 Å². The molecule has 106 valence electrons. The van der Waals surface area contributed by atoms with E-state index in [0.29, 0.717) is 11.8 Å². The summed E-state index contributed by atoms with van der Waals surface area (Å²) in [6.07, 6.45) is 0.604. The minimum Gasteiger partial charge on any atom is -0.748 e. The molecule has 9 heteroatoms. The van der Waals surface area contributed by atoms with Crippen LogP contribution in [0.4, 0.5) is 0 Å². The highest BCUT2D eigenvalue weighted by Crippen LogP contribution is 2.18. The summed E-state index contributed by atoms with van der Waals surface area (Å²) < 4.78 is 31.7. The van der Waals surface area contributed by atoms with Crippen molar-refractivity contribution in [1.82, 2.24) is 0 Å². The molecular weight excluding hydrogens is 276 g/mol. The lowest BCUT2D eigenvalue weighted by atomic mass is 10.1. The third-order valence-corrected chi connectivity index (χ3v) is 1.71. The fourth-order valence-corrected chi connectivity index (χ4v) is 0.977. The van der Waals surface area contributed by atoms with Crippen LogP contribution in [0, 0.1) is 5.41 Å². The summed E-state index contributed by atoms with van der Waals surface area (Å²) in [7, 11) is -2.71. The second kappa shape index (κ2) is 6.71. The van der Waals surface area contributed by atoms with E-state index in [1.54, 1.807) is 0 Å². The van der Waals surface area contributed by atoms with Crippen molar-refractivity contribution in [1.29, 1.82) is 5.41 Å². The molecule has 0 amide bonds. The zero-order chi connectivity index (χ0) is 15.2. The molecule has 1 rings (SSSR count). The van der Waals surface area contributed by atoms with Crippen molar-refractivity contribution in [2.75, 3.05) is 13.4 Å². The molecule has 0 saturated carbocycles. The molecule has 0 spiro atoms. The number of ether oxygens (including phenoxy) is 1. The first-order valence-corrected chi connectivity index (χ1v) is 6.54. The van der Waals surface area contributed by atoms with E-state index in [4.69, 9.17) is 24.1 Å². The van der Waals surface area contributed by atoms with Crippen molar-refractivity contribution < 1.29 is 27.6 Å². The fraction of sp³-hybridized carbons (Fsp3) is 0.200. The summed E-state index contributed by atoms with van der Waals surface area (Å²) in [4.78, 5) is 11.1. The van der Waals surface area contributed by atoms with Crippen LogP contribution in [0.2, 0.25) is 0 Å². The summed E-state index contributed by atoms with van der Waals surface area (Å²) in [6.45, 7) is 0. The highest BCUT2D eigenvalue weighted by Gasteiger charge is 2.12. The molecule has 0 aliphatic carbocycles. The Kier molecular flexibility index (Phi) is 5.96. The highest BCUT2D eigenvalue weighted by atomic mass is 32.2. The van der Waals surface area contributed by atoms with Crippen molar-refractivity contribution in [2.24, 2.45) is 5.73 Å². The van der Waals surface area contributed by atoms with Crippen LogP contribution in [-0.2, 0) is 14.9 Å². The summed E-state index contributed by atoms with van der Waals surface area (Å²) in [5.74, 6) is -1.03. The first kappa shape index (κ1) is 16.9. The number of phenolic OH excluding ortho intramolecular Hbond substituents is 1. The Morgan fingerprint density at radius 2 is 1.95 bits per heavy atom. The fourth-order valence-electron chi connectivity index (χ4n) is 0.977. The number of phenols is 1. The standard InChI is InChI=1S/C9H10N2O3.CH4O3S/c1-14-9(13)6-4-5(8(10)11)2-3-7(6)12;1-5(2,3)4/h2-4,12H,1H3,(H3,10,11);1H3,(H,2,3,4)/p-1. The molecular formula is C10H13N2O6S-. The Labute approximate surface area is 110 Å². The SMILES string of the molecule is COC(=O)c1cc(C(=N)N)ccc1O.CS(=O)(=O)[O-]. The number of rotatable bonds is 2. The molecule has 0 radical (unpaired) electrons. The lowest BCUT2D eigenvalue weighted by molar-refractivity contribution is 0.0597. The minimum absolute atomic E-state index is 0.000185. The van der Waals surface area contributed by atoms with Gasteiger partial charge in [-0.2, -0.15) is 0 Å². The smallest absolute Gasteiger partial charge is 0.341 e. The summed E-state index contributed by atoms with van der Waals surface area (Å²) in [5.41, 5.74) is 5.59. The topological polar surface area (TPSA) is 154 Å². The van der Waals surface area contributed by atoms with Crippen molar-refractivity contribution >= 4 is 21.9 Å². The van der Waals surface area contributed by atoms with E-state index in [9.17, 15) is 9.90 Å². The van der Waals surface area contributed by atoms with Gasteiger partial charge in [-0.1, -0.05) is 0 Å². The molecule has 1 aromatic rings. The Morgan fingerprint density at radius 3 is 2.32 bits per heavy atom. The molecule has 0 aliphatic rings. The first-order valence-electron chi connectivity index (χ1n) is 4.73. The Hall–Kier alpha value is -2.13. The average Bonchev–Trinajstić information content (AvgIpc) is 2.26. The molecule has 1 aromatic carbocycles. The molecule has 0 aliphatic heterocycles. The van der Waals surface area contributed by atoms with Crippen molar-refractivity contribution in [3.05, 3.63) is 29.3 Å². The maximum atomic E-state index is 11.1. The van der Waals surface area contributed by atoms with Crippen molar-refractivity contribution in [3.63, 3.8) is 0 Å². The number of nitrogen functional groups attached to an aromatic ring is 1. The van der Waals surface area contributed by atoms with E-state index >= 15 is 0 Å². The first-order chi connectivity index (χ1) is 8.56. The Balaban J connectivity index is 0.000000555. The number of amidine groups is 1. The van der Waals surface area contributed by atoms with Gasteiger partial charge < -0.3 is 20.1 Å². The van der Waals surface area contributed by atoms with Crippen LogP contribution in [0.3, 0.4) is 0 Å². The number of benzene rings is 1. The molecule has 0 unspecified atom stereocenters. The highest BCUT2D eigenvalue weighted by molar-refractivity contribution is 7.84. The number of nitrogens with two attached hydrogens (primary N) is 1. The van der Waals surface area contributed by atoms with Crippen LogP contribution in [0.1, 0.15) is 15.9 Å². The third-order valence-electron chi connectivity index (χ3n) is 1.71. The zero-order valence-corrected chi connectivity index (χ0v) is 11.0. The quantitative estimate of drug-likeness (QED) is 0.290. The van der Waals surface area contributed by atoms with Crippen molar-refractivity contribution in [3.8, 4) is 5.75 Å². The lowest BCUT2D eigenvalue weighted by Crippen LogP contribution is -2.12. The Morgan fingerprint density at radius 1 is 1.47 bits per heavy atom. The predicted molar refractivity (Wildman–Crippen MR) is 66.1 cm³/mol. The van der Waals surface area contributed by atoms with E-state index < -0.39 is 16.1 Å². The average molecular weight is 289 g/mol. The molecule has 4 N–H and O–H groups in total. The number of nitrogens with one attached hydrogen (secondary N) is 1. The van der Waals surface area contributed by atoms with Gasteiger partial charge in [0, 0.05) is 11.8 Å². The van der Waals surface area contributed by atoms with E-state index in [1.165, 1.54) is 25.3 Å². The number of esters is 1. The number of methoxy groups -OCH3 is 1. The molecule has 8 nitrogen and oxygen atoms in total. The number of carbonyl (C=O) groups is 1. The predicted octanol–water partition coefficient (Wildman–Crippen LogP) is -0.376. The Bertz CT molecular complexity index is 574.